The first-order valence-electron chi connectivity index (χ1n) is 12.8. The van der Waals surface area contributed by atoms with Crippen molar-refractivity contribution in [1.29, 1.82) is 0 Å². The highest BCUT2D eigenvalue weighted by molar-refractivity contribution is 8.01. The number of nitrogens with zero attached hydrogens (tertiary/aromatic N) is 4. The summed E-state index contributed by atoms with van der Waals surface area (Å²) in [5.74, 6) is 0.585. The van der Waals surface area contributed by atoms with E-state index in [9.17, 15) is 14.4 Å². The molecule has 9 heteroatoms. The molecule has 2 aromatic heterocycles. The van der Waals surface area contributed by atoms with Gasteiger partial charge in [-0.05, 0) is 42.9 Å². The molecule has 2 saturated heterocycles. The van der Waals surface area contributed by atoms with Gasteiger partial charge in [-0.3, -0.25) is 19.1 Å². The van der Waals surface area contributed by atoms with E-state index in [1.807, 2.05) is 40.1 Å². The lowest BCUT2D eigenvalue weighted by Crippen LogP contribution is -2.42. The van der Waals surface area contributed by atoms with Crippen LogP contribution in [-0.2, 0) is 9.59 Å². The third kappa shape index (κ3) is 4.93. The molecule has 2 aliphatic heterocycles. The quantitative estimate of drug-likeness (QED) is 0.515. The number of imidazole rings is 1. The second-order valence-electron chi connectivity index (χ2n) is 10.1. The summed E-state index contributed by atoms with van der Waals surface area (Å²) in [6.45, 7) is 6.18. The van der Waals surface area contributed by atoms with E-state index in [0.29, 0.717) is 44.0 Å². The molecule has 2 amide bonds. The van der Waals surface area contributed by atoms with Crippen LogP contribution in [0.4, 0.5) is 0 Å². The fraction of sp³-hybridized carbons (Fsp3) is 0.481. The molecule has 0 bridgehead atoms. The summed E-state index contributed by atoms with van der Waals surface area (Å²) in [7, 11) is 0. The number of nitrogens with one attached hydrogen (secondary N) is 1. The minimum absolute atomic E-state index is 0. The zero-order valence-corrected chi connectivity index (χ0v) is 21.6. The van der Waals surface area contributed by atoms with Gasteiger partial charge in [0.15, 0.2) is 5.65 Å². The Morgan fingerprint density at radius 2 is 1.89 bits per heavy atom. The maximum atomic E-state index is 13.4. The van der Waals surface area contributed by atoms with Crippen molar-refractivity contribution in [3.63, 3.8) is 0 Å². The Balaban J connectivity index is 0.00000320. The van der Waals surface area contributed by atoms with E-state index in [4.69, 9.17) is 0 Å². The molecule has 1 aromatic carbocycles. The van der Waals surface area contributed by atoms with E-state index >= 15 is 0 Å². The molecule has 192 valence electrons. The molecule has 0 radical (unpaired) electrons. The Bertz CT molecular complexity index is 1290. The van der Waals surface area contributed by atoms with E-state index in [1.165, 1.54) is 0 Å². The monoisotopic (exact) mass is 509 g/mol. The zero-order valence-electron chi connectivity index (χ0n) is 20.8. The highest BCUT2D eigenvalue weighted by atomic mass is 32.2. The fourth-order valence-electron chi connectivity index (χ4n) is 5.21. The molecule has 2 unspecified atom stereocenters. The van der Waals surface area contributed by atoms with Gasteiger partial charge in [0.1, 0.15) is 5.37 Å². The first-order valence-corrected chi connectivity index (χ1v) is 13.7. The van der Waals surface area contributed by atoms with Gasteiger partial charge in [-0.25, -0.2) is 9.78 Å². The minimum atomic E-state index is -0.366. The maximum absolute atomic E-state index is 13.4. The number of amides is 2. The molecular formula is C27H35N5O3S. The van der Waals surface area contributed by atoms with Crippen LogP contribution in [0.1, 0.15) is 57.9 Å². The van der Waals surface area contributed by atoms with Gasteiger partial charge in [-0.2, -0.15) is 0 Å². The second kappa shape index (κ2) is 10.5. The predicted molar refractivity (Wildman–Crippen MR) is 144 cm³/mol. The highest BCUT2D eigenvalue weighted by Gasteiger charge is 2.42. The van der Waals surface area contributed by atoms with Crippen molar-refractivity contribution in [2.24, 2.45) is 5.92 Å². The number of aromatic nitrogens is 3. The van der Waals surface area contributed by atoms with Crippen LogP contribution in [0, 0.1) is 5.92 Å². The maximum Gasteiger partial charge on any atom is 0.327 e. The topological polar surface area (TPSA) is 91.3 Å². The Kier molecular flexibility index (Phi) is 7.18. The van der Waals surface area contributed by atoms with Gasteiger partial charge in [0.2, 0.25) is 11.8 Å². The Morgan fingerprint density at radius 1 is 1.14 bits per heavy atom. The number of fused-ring (bicyclic) bond motifs is 1. The second-order valence-corrected chi connectivity index (χ2v) is 11.4. The van der Waals surface area contributed by atoms with Crippen LogP contribution >= 0.6 is 11.8 Å². The molecule has 4 heterocycles. The SMILES string of the molecule is CC(C)CCN1C(=O)C(CC(=O)N2CCC(n3c(=O)[nH]c4ncccc43)CC2)SC1c1ccccc1.[HH]. The number of pyridine rings is 1. The number of likely N-dealkylation sites (tertiary alicyclic amines) is 1. The molecule has 2 atom stereocenters. The zero-order chi connectivity index (χ0) is 25.2. The average molecular weight is 510 g/mol. The molecule has 36 heavy (non-hydrogen) atoms. The Labute approximate surface area is 216 Å². The minimum Gasteiger partial charge on any atom is -0.342 e. The van der Waals surface area contributed by atoms with Crippen LogP contribution in [0.5, 0.6) is 0 Å². The Hall–Kier alpha value is -3.07. The van der Waals surface area contributed by atoms with Crippen molar-refractivity contribution in [3.8, 4) is 0 Å². The van der Waals surface area contributed by atoms with E-state index < -0.39 is 0 Å². The fourth-order valence-corrected chi connectivity index (χ4v) is 6.68. The summed E-state index contributed by atoms with van der Waals surface area (Å²) < 4.78 is 1.78. The van der Waals surface area contributed by atoms with E-state index in [0.717, 1.165) is 17.5 Å². The van der Waals surface area contributed by atoms with Crippen LogP contribution in [0.2, 0.25) is 0 Å². The molecule has 5 rings (SSSR count). The number of carbonyl (C=O) groups is 2. The number of piperidine rings is 1. The third-order valence-corrected chi connectivity index (χ3v) is 8.68. The summed E-state index contributed by atoms with van der Waals surface area (Å²) in [6, 6.07) is 13.8. The van der Waals surface area contributed by atoms with Crippen LogP contribution in [0.3, 0.4) is 0 Å². The molecular weight excluding hydrogens is 474 g/mol. The Morgan fingerprint density at radius 3 is 2.61 bits per heavy atom. The van der Waals surface area contributed by atoms with E-state index in [2.05, 4.69) is 35.9 Å². The van der Waals surface area contributed by atoms with Gasteiger partial charge in [-0.15, -0.1) is 11.8 Å². The van der Waals surface area contributed by atoms with Gasteiger partial charge in [0.05, 0.1) is 10.8 Å². The molecule has 1 N–H and O–H groups in total. The smallest absolute Gasteiger partial charge is 0.327 e. The van der Waals surface area contributed by atoms with Crippen LogP contribution in [-0.4, -0.2) is 61.0 Å². The highest BCUT2D eigenvalue weighted by Crippen LogP contribution is 2.44. The lowest BCUT2D eigenvalue weighted by atomic mass is 10.0. The number of rotatable bonds is 7. The van der Waals surface area contributed by atoms with Crippen molar-refractivity contribution < 1.29 is 11.0 Å². The van der Waals surface area contributed by atoms with Gasteiger partial charge < -0.3 is 9.80 Å². The summed E-state index contributed by atoms with van der Waals surface area (Å²) in [4.78, 5) is 50.0. The van der Waals surface area contributed by atoms with Gasteiger partial charge in [0, 0.05) is 39.7 Å². The normalized spacial score (nSPS) is 21.1. The number of H-pyrrole nitrogens is 1. The third-order valence-electron chi connectivity index (χ3n) is 7.20. The summed E-state index contributed by atoms with van der Waals surface area (Å²) in [5.41, 5.74) is 2.34. The summed E-state index contributed by atoms with van der Waals surface area (Å²) in [6.07, 6.45) is 4.22. The lowest BCUT2D eigenvalue weighted by molar-refractivity contribution is -0.136. The molecule has 2 aliphatic rings. The summed E-state index contributed by atoms with van der Waals surface area (Å²) in [5, 5.41) is -0.418. The first-order chi connectivity index (χ1) is 17.4. The number of hydrogen-bond donors (Lipinski definition) is 1. The van der Waals surface area contributed by atoms with Crippen molar-refractivity contribution in [2.75, 3.05) is 19.6 Å². The van der Waals surface area contributed by atoms with Crippen molar-refractivity contribution >= 4 is 34.7 Å². The largest absolute Gasteiger partial charge is 0.342 e. The van der Waals surface area contributed by atoms with Crippen molar-refractivity contribution in [1.82, 2.24) is 24.3 Å². The average Bonchev–Trinajstić information content (AvgIpc) is 3.38. The van der Waals surface area contributed by atoms with Crippen molar-refractivity contribution in [2.45, 2.75) is 56.2 Å². The van der Waals surface area contributed by atoms with Crippen LogP contribution in [0.25, 0.3) is 11.2 Å². The van der Waals surface area contributed by atoms with Gasteiger partial charge in [-0.1, -0.05) is 44.2 Å². The molecule has 2 fully saturated rings. The van der Waals surface area contributed by atoms with E-state index in [-0.39, 0.29) is 42.0 Å². The number of hydrogen-bond acceptors (Lipinski definition) is 5. The first kappa shape index (κ1) is 24.6. The van der Waals surface area contributed by atoms with Crippen LogP contribution < -0.4 is 5.69 Å². The number of carbonyl (C=O) groups excluding carboxylic acids is 2. The standard InChI is InChI=1S/C27H33N5O3S.H2/c1-18(2)10-16-31-25(34)22(36-26(31)19-7-4-3-5-8-19)17-23(33)30-14-11-20(12-15-30)32-21-9-6-13-28-24(21)29-27(32)35;/h3-9,13,18,20,22,26H,10-12,14-17H2,1-2H3,(H,28,29,35);1H. The van der Waals surface area contributed by atoms with Gasteiger partial charge in [0.25, 0.3) is 0 Å². The molecule has 0 spiro atoms. The molecule has 0 saturated carbocycles. The number of aromatic amines is 1. The number of thioether (sulfide) groups is 1. The van der Waals surface area contributed by atoms with E-state index in [1.54, 1.807) is 22.5 Å². The van der Waals surface area contributed by atoms with Crippen LogP contribution in [0.15, 0.2) is 53.5 Å². The number of benzene rings is 1. The molecule has 0 aliphatic carbocycles. The summed E-state index contributed by atoms with van der Waals surface area (Å²) >= 11 is 1.60. The predicted octanol–water partition coefficient (Wildman–Crippen LogP) is 4.21. The van der Waals surface area contributed by atoms with Crippen molar-refractivity contribution in [3.05, 3.63) is 64.7 Å². The lowest BCUT2D eigenvalue weighted by Gasteiger charge is -2.33. The molecule has 3 aromatic rings. The molecule has 8 nitrogen and oxygen atoms in total. The van der Waals surface area contributed by atoms with Gasteiger partial charge >= 0.3 is 5.69 Å².